The quantitative estimate of drug-likeness (QED) is 0.267. The Hall–Kier alpha value is -2.48. The lowest BCUT2D eigenvalue weighted by Crippen LogP contribution is -2.30. The van der Waals surface area contributed by atoms with E-state index in [9.17, 15) is 4.79 Å². The zero-order valence-corrected chi connectivity index (χ0v) is 20.5. The summed E-state index contributed by atoms with van der Waals surface area (Å²) in [5, 5.41) is 8.70. The predicted molar refractivity (Wildman–Crippen MR) is 128 cm³/mol. The maximum absolute atomic E-state index is 13.1. The first-order valence-corrected chi connectivity index (χ1v) is 12.4. The maximum Gasteiger partial charge on any atom is 0.338 e. The molecule has 2 heterocycles. The summed E-state index contributed by atoms with van der Waals surface area (Å²) in [6, 6.07) is 7.45. The molecule has 8 heteroatoms. The molecule has 3 rings (SSSR count). The zero-order valence-electron chi connectivity index (χ0n) is 19.7. The van der Waals surface area contributed by atoms with Crippen LogP contribution in [-0.4, -0.2) is 39.2 Å². The van der Waals surface area contributed by atoms with Crippen LogP contribution in [0.3, 0.4) is 0 Å². The Morgan fingerprint density at radius 3 is 2.56 bits per heavy atom. The van der Waals surface area contributed by atoms with Gasteiger partial charge >= 0.3 is 5.97 Å². The van der Waals surface area contributed by atoms with Gasteiger partial charge in [0.05, 0.1) is 18.3 Å². The molecule has 0 bridgehead atoms. The fraction of sp³-hybridized carbons (Fsp3) is 0.542. The van der Waals surface area contributed by atoms with E-state index in [4.69, 9.17) is 14.6 Å². The van der Waals surface area contributed by atoms with Crippen LogP contribution in [0.2, 0.25) is 0 Å². The Morgan fingerprint density at radius 1 is 1.19 bits per heavy atom. The van der Waals surface area contributed by atoms with Gasteiger partial charge in [-0.3, -0.25) is 0 Å². The first-order chi connectivity index (χ1) is 15.4. The van der Waals surface area contributed by atoms with Crippen molar-refractivity contribution in [3.8, 4) is 5.75 Å². The Morgan fingerprint density at radius 2 is 1.91 bits per heavy atom. The smallest absolute Gasteiger partial charge is 0.338 e. The number of esters is 1. The van der Waals surface area contributed by atoms with Gasteiger partial charge in [0.25, 0.3) is 0 Å². The van der Waals surface area contributed by atoms with Gasteiger partial charge in [-0.05, 0) is 51.3 Å². The molecule has 0 spiro atoms. The van der Waals surface area contributed by atoms with Crippen molar-refractivity contribution in [2.75, 3.05) is 17.7 Å². The standard InChI is InChI=1S/C24H34N4O3S/c1-6-8-14-30-19-12-10-18(11-13-19)21-20(22(29)31-16(3)4)17(5)25-23-26-24(27-28(21)23)32-15-9-7-2/h10-13,16,21H,6-9,14-15H2,1-5H3,(H,25,26,27). The van der Waals surface area contributed by atoms with E-state index >= 15 is 0 Å². The summed E-state index contributed by atoms with van der Waals surface area (Å²) in [4.78, 5) is 17.7. The summed E-state index contributed by atoms with van der Waals surface area (Å²) in [5.74, 6) is 2.07. The molecule has 1 aromatic carbocycles. The minimum absolute atomic E-state index is 0.213. The van der Waals surface area contributed by atoms with Gasteiger partial charge in [0.2, 0.25) is 11.1 Å². The molecule has 0 saturated heterocycles. The lowest BCUT2D eigenvalue weighted by atomic mass is 9.95. The molecule has 0 saturated carbocycles. The SMILES string of the molecule is CCCCOc1ccc(C2C(C(=O)OC(C)C)=C(C)Nc3nc(SCCCC)nn32)cc1. The Bertz CT molecular complexity index is 937. The number of anilines is 1. The number of fused-ring (bicyclic) bond motifs is 1. The van der Waals surface area contributed by atoms with Crippen molar-refractivity contribution in [2.24, 2.45) is 0 Å². The third kappa shape index (κ3) is 5.85. The average molecular weight is 459 g/mol. The summed E-state index contributed by atoms with van der Waals surface area (Å²) in [6.45, 7) is 10.6. The second-order valence-electron chi connectivity index (χ2n) is 8.16. The topological polar surface area (TPSA) is 78.3 Å². The van der Waals surface area contributed by atoms with Crippen molar-refractivity contribution in [3.05, 3.63) is 41.1 Å². The monoisotopic (exact) mass is 458 g/mol. The number of unbranched alkanes of at least 4 members (excludes halogenated alkanes) is 2. The van der Waals surface area contributed by atoms with Gasteiger partial charge in [0.15, 0.2) is 0 Å². The van der Waals surface area contributed by atoms with E-state index in [1.54, 1.807) is 16.4 Å². The molecule has 1 unspecified atom stereocenters. The van der Waals surface area contributed by atoms with E-state index in [-0.39, 0.29) is 12.1 Å². The molecule has 1 N–H and O–H groups in total. The van der Waals surface area contributed by atoms with Crippen LogP contribution in [0.25, 0.3) is 0 Å². The number of thioether (sulfide) groups is 1. The molecule has 0 amide bonds. The molecule has 1 aliphatic rings. The van der Waals surface area contributed by atoms with E-state index < -0.39 is 6.04 Å². The largest absolute Gasteiger partial charge is 0.494 e. The number of benzene rings is 1. The molecular weight excluding hydrogens is 424 g/mol. The van der Waals surface area contributed by atoms with Crippen LogP contribution in [0.15, 0.2) is 40.7 Å². The Kier molecular flexibility index (Phi) is 8.61. The van der Waals surface area contributed by atoms with Crippen LogP contribution in [0.5, 0.6) is 5.75 Å². The second kappa shape index (κ2) is 11.4. The predicted octanol–water partition coefficient (Wildman–Crippen LogP) is 5.59. The van der Waals surface area contributed by atoms with Crippen LogP contribution in [0.4, 0.5) is 5.95 Å². The van der Waals surface area contributed by atoms with Gasteiger partial charge in [0, 0.05) is 11.4 Å². The number of carbonyl (C=O) groups is 1. The van der Waals surface area contributed by atoms with Gasteiger partial charge in [-0.1, -0.05) is 50.6 Å². The van der Waals surface area contributed by atoms with Gasteiger partial charge in [-0.25, -0.2) is 9.48 Å². The first kappa shape index (κ1) is 24.2. The van der Waals surface area contributed by atoms with Crippen LogP contribution >= 0.6 is 11.8 Å². The van der Waals surface area contributed by atoms with Gasteiger partial charge in [0.1, 0.15) is 11.8 Å². The van der Waals surface area contributed by atoms with Crippen molar-refractivity contribution in [2.45, 2.75) is 77.6 Å². The molecule has 7 nitrogen and oxygen atoms in total. The minimum Gasteiger partial charge on any atom is -0.494 e. The number of nitrogens with zero attached hydrogens (tertiary/aromatic N) is 3. The number of hydrogen-bond acceptors (Lipinski definition) is 7. The maximum atomic E-state index is 13.1. The lowest BCUT2D eigenvalue weighted by Gasteiger charge is -2.28. The summed E-state index contributed by atoms with van der Waals surface area (Å²) in [7, 11) is 0. The molecule has 2 aromatic rings. The van der Waals surface area contributed by atoms with E-state index in [0.717, 1.165) is 48.4 Å². The van der Waals surface area contributed by atoms with Crippen molar-refractivity contribution in [3.63, 3.8) is 0 Å². The molecule has 0 radical (unpaired) electrons. The third-order valence-corrected chi connectivity index (χ3v) is 6.01. The van der Waals surface area contributed by atoms with E-state index in [1.165, 1.54) is 0 Å². The van der Waals surface area contributed by atoms with Gasteiger partial charge in [-0.15, -0.1) is 5.10 Å². The van der Waals surface area contributed by atoms with Crippen LogP contribution in [0, 0.1) is 0 Å². The number of nitrogens with one attached hydrogen (secondary N) is 1. The van der Waals surface area contributed by atoms with Crippen LogP contribution < -0.4 is 10.1 Å². The number of rotatable bonds is 11. The van der Waals surface area contributed by atoms with E-state index in [0.29, 0.717) is 23.3 Å². The lowest BCUT2D eigenvalue weighted by molar-refractivity contribution is -0.143. The van der Waals surface area contributed by atoms with Crippen molar-refractivity contribution in [1.82, 2.24) is 14.8 Å². The number of ether oxygens (including phenoxy) is 2. The molecule has 0 aliphatic carbocycles. The number of carbonyl (C=O) groups excluding carboxylic acids is 1. The fourth-order valence-corrected chi connectivity index (χ4v) is 4.34. The second-order valence-corrected chi connectivity index (χ2v) is 9.22. The summed E-state index contributed by atoms with van der Waals surface area (Å²) < 4.78 is 13.2. The van der Waals surface area contributed by atoms with Crippen molar-refractivity contribution < 1.29 is 14.3 Å². The highest BCUT2D eigenvalue weighted by Crippen LogP contribution is 2.37. The Labute approximate surface area is 195 Å². The first-order valence-electron chi connectivity index (χ1n) is 11.4. The van der Waals surface area contributed by atoms with Crippen molar-refractivity contribution >= 4 is 23.7 Å². The zero-order chi connectivity index (χ0) is 23.1. The summed E-state index contributed by atoms with van der Waals surface area (Å²) in [5.41, 5.74) is 2.20. The Balaban J connectivity index is 1.95. The number of hydrogen-bond donors (Lipinski definition) is 1. The number of allylic oxidation sites excluding steroid dienone is 1. The highest BCUT2D eigenvalue weighted by Gasteiger charge is 2.35. The highest BCUT2D eigenvalue weighted by molar-refractivity contribution is 7.99. The molecule has 0 fully saturated rings. The van der Waals surface area contributed by atoms with Crippen LogP contribution in [0.1, 0.15) is 71.9 Å². The molecule has 174 valence electrons. The molecule has 1 atom stereocenters. The van der Waals surface area contributed by atoms with E-state index in [1.807, 2.05) is 45.0 Å². The van der Waals surface area contributed by atoms with Gasteiger partial charge < -0.3 is 14.8 Å². The summed E-state index contributed by atoms with van der Waals surface area (Å²) in [6.07, 6.45) is 4.12. The molecular formula is C24H34N4O3S. The number of aromatic nitrogens is 3. The van der Waals surface area contributed by atoms with E-state index in [2.05, 4.69) is 24.1 Å². The molecule has 1 aliphatic heterocycles. The molecule has 1 aromatic heterocycles. The average Bonchev–Trinajstić information content (AvgIpc) is 3.15. The summed E-state index contributed by atoms with van der Waals surface area (Å²) >= 11 is 1.63. The normalized spacial score (nSPS) is 15.5. The fourth-order valence-electron chi connectivity index (χ4n) is 3.43. The van der Waals surface area contributed by atoms with Crippen LogP contribution in [-0.2, 0) is 9.53 Å². The molecule has 32 heavy (non-hydrogen) atoms. The highest BCUT2D eigenvalue weighted by atomic mass is 32.2. The van der Waals surface area contributed by atoms with Crippen molar-refractivity contribution in [1.29, 1.82) is 0 Å². The van der Waals surface area contributed by atoms with Gasteiger partial charge in [-0.2, -0.15) is 4.98 Å². The third-order valence-electron chi connectivity index (χ3n) is 5.09. The minimum atomic E-state index is -0.421.